The first-order valence-electron chi connectivity index (χ1n) is 6.18. The highest BCUT2D eigenvalue weighted by atomic mass is 79.9. The van der Waals surface area contributed by atoms with Crippen molar-refractivity contribution in [3.63, 3.8) is 0 Å². The molecule has 0 fully saturated rings. The van der Waals surface area contributed by atoms with Gasteiger partial charge in [-0.25, -0.2) is 4.39 Å². The lowest BCUT2D eigenvalue weighted by Crippen LogP contribution is -2.24. The van der Waals surface area contributed by atoms with E-state index in [0.717, 1.165) is 16.7 Å². The summed E-state index contributed by atoms with van der Waals surface area (Å²) in [5, 5.41) is 2.07. The van der Waals surface area contributed by atoms with Crippen LogP contribution in [-0.2, 0) is 0 Å². The Bertz CT molecular complexity index is 921. The van der Waals surface area contributed by atoms with Gasteiger partial charge in [-0.2, -0.15) is 0 Å². The number of hydrogen-bond acceptors (Lipinski definition) is 4. The molecule has 112 valence electrons. The SMILES string of the molecule is Cc1cc(Br)c(F)cc1-n1c(N)c2c(cc1=O)C(=O)NC2=O. The fourth-order valence-electron chi connectivity index (χ4n) is 2.40. The van der Waals surface area contributed by atoms with Crippen LogP contribution in [0.15, 0.2) is 27.5 Å². The summed E-state index contributed by atoms with van der Waals surface area (Å²) in [6.45, 7) is 1.67. The van der Waals surface area contributed by atoms with E-state index in [0.29, 0.717) is 5.56 Å². The van der Waals surface area contributed by atoms with Crippen LogP contribution >= 0.6 is 15.9 Å². The second-order valence-corrected chi connectivity index (χ2v) is 5.68. The molecule has 3 rings (SSSR count). The van der Waals surface area contributed by atoms with Crippen LogP contribution in [0.25, 0.3) is 5.69 Å². The average molecular weight is 366 g/mol. The maximum Gasteiger partial charge on any atom is 0.262 e. The number of benzene rings is 1. The number of nitrogens with one attached hydrogen (secondary N) is 1. The van der Waals surface area contributed by atoms with Crippen LogP contribution < -0.4 is 16.6 Å². The van der Waals surface area contributed by atoms with Gasteiger partial charge in [0.05, 0.1) is 21.3 Å². The van der Waals surface area contributed by atoms with Gasteiger partial charge < -0.3 is 5.73 Å². The van der Waals surface area contributed by atoms with Crippen molar-refractivity contribution < 1.29 is 14.0 Å². The monoisotopic (exact) mass is 365 g/mol. The van der Waals surface area contributed by atoms with Gasteiger partial charge in [-0.1, -0.05) is 0 Å². The Hall–Kier alpha value is -2.48. The zero-order valence-corrected chi connectivity index (χ0v) is 12.8. The van der Waals surface area contributed by atoms with Gasteiger partial charge in [0.2, 0.25) is 0 Å². The lowest BCUT2D eigenvalue weighted by molar-refractivity contribution is 0.0880. The lowest BCUT2D eigenvalue weighted by atomic mass is 10.1. The maximum atomic E-state index is 13.8. The number of rotatable bonds is 1. The van der Waals surface area contributed by atoms with Crippen LogP contribution in [-0.4, -0.2) is 16.4 Å². The molecule has 0 saturated carbocycles. The van der Waals surface area contributed by atoms with Crippen molar-refractivity contribution in [3.05, 3.63) is 55.5 Å². The third kappa shape index (κ3) is 1.95. The van der Waals surface area contributed by atoms with E-state index in [1.165, 1.54) is 6.07 Å². The third-order valence-electron chi connectivity index (χ3n) is 3.43. The Balaban J connectivity index is 2.37. The van der Waals surface area contributed by atoms with Gasteiger partial charge in [-0.3, -0.25) is 24.3 Å². The summed E-state index contributed by atoms with van der Waals surface area (Å²) in [5.41, 5.74) is 5.91. The molecule has 0 bridgehead atoms. The van der Waals surface area contributed by atoms with Crippen LogP contribution in [0.2, 0.25) is 0 Å². The molecular formula is C14H9BrFN3O3. The van der Waals surface area contributed by atoms with Crippen LogP contribution in [0.3, 0.4) is 0 Å². The highest BCUT2D eigenvalue weighted by molar-refractivity contribution is 9.10. The Kier molecular flexibility index (Phi) is 3.13. The minimum absolute atomic E-state index is 0.0704. The van der Waals surface area contributed by atoms with E-state index in [1.54, 1.807) is 6.92 Å². The second kappa shape index (κ2) is 4.77. The number of aromatic nitrogens is 1. The van der Waals surface area contributed by atoms with Gasteiger partial charge in [0.1, 0.15) is 11.6 Å². The molecule has 1 aliphatic heterocycles. The third-order valence-corrected chi connectivity index (χ3v) is 4.04. The Morgan fingerprint density at radius 2 is 1.86 bits per heavy atom. The number of fused-ring (bicyclic) bond motifs is 1. The molecule has 22 heavy (non-hydrogen) atoms. The maximum absolute atomic E-state index is 13.8. The van der Waals surface area contributed by atoms with Crippen molar-refractivity contribution in [2.75, 3.05) is 5.73 Å². The van der Waals surface area contributed by atoms with Crippen molar-refractivity contribution in [1.82, 2.24) is 9.88 Å². The van der Waals surface area contributed by atoms with Gasteiger partial charge in [0.15, 0.2) is 0 Å². The standard InChI is InChI=1S/C14H9BrFN3O3/c1-5-2-7(15)8(16)4-9(5)19-10(20)3-6-11(12(19)17)14(22)18-13(6)21/h2-4H,17H2,1H3,(H,18,21,22). The summed E-state index contributed by atoms with van der Waals surface area (Å²) < 4.78 is 15.0. The first-order chi connectivity index (χ1) is 10.3. The number of nitrogens with zero attached hydrogens (tertiary/aromatic N) is 1. The predicted octanol–water partition coefficient (Wildman–Crippen LogP) is 1.51. The fraction of sp³-hybridized carbons (Fsp3) is 0.0714. The first kappa shape index (κ1) is 14.5. The van der Waals surface area contributed by atoms with E-state index in [1.807, 2.05) is 0 Å². The number of halogens is 2. The van der Waals surface area contributed by atoms with Gasteiger partial charge in [0, 0.05) is 6.07 Å². The van der Waals surface area contributed by atoms with Crippen molar-refractivity contribution in [2.24, 2.45) is 0 Å². The van der Waals surface area contributed by atoms with Crippen molar-refractivity contribution in [1.29, 1.82) is 0 Å². The van der Waals surface area contributed by atoms with Crippen LogP contribution in [0.5, 0.6) is 0 Å². The van der Waals surface area contributed by atoms with E-state index in [4.69, 9.17) is 5.73 Å². The van der Waals surface area contributed by atoms with Crippen LogP contribution in [0.1, 0.15) is 26.3 Å². The second-order valence-electron chi connectivity index (χ2n) is 4.83. The minimum atomic E-state index is -0.679. The molecule has 0 saturated heterocycles. The van der Waals surface area contributed by atoms with Crippen LogP contribution in [0, 0.1) is 12.7 Å². The largest absolute Gasteiger partial charge is 0.384 e. The molecule has 1 aromatic heterocycles. The van der Waals surface area contributed by atoms with Gasteiger partial charge in [-0.15, -0.1) is 0 Å². The molecule has 0 atom stereocenters. The van der Waals surface area contributed by atoms with E-state index >= 15 is 0 Å². The molecular weight excluding hydrogens is 357 g/mol. The number of carbonyl (C=O) groups excluding carboxylic acids is 2. The first-order valence-corrected chi connectivity index (χ1v) is 6.97. The summed E-state index contributed by atoms with van der Waals surface area (Å²) in [4.78, 5) is 35.6. The molecule has 2 heterocycles. The lowest BCUT2D eigenvalue weighted by Gasteiger charge is -2.14. The number of nitrogens with two attached hydrogens (primary N) is 1. The molecule has 2 amide bonds. The number of aryl methyl sites for hydroxylation is 1. The predicted molar refractivity (Wildman–Crippen MR) is 80.6 cm³/mol. The number of imide groups is 1. The molecule has 2 aromatic rings. The Labute approximate surface area is 131 Å². The van der Waals surface area contributed by atoms with Gasteiger partial charge in [0.25, 0.3) is 17.4 Å². The van der Waals surface area contributed by atoms with E-state index in [9.17, 15) is 18.8 Å². The average Bonchev–Trinajstić information content (AvgIpc) is 2.70. The number of amides is 2. The van der Waals surface area contributed by atoms with Gasteiger partial charge >= 0.3 is 0 Å². The summed E-state index contributed by atoms with van der Waals surface area (Å²) in [6, 6.07) is 3.65. The summed E-state index contributed by atoms with van der Waals surface area (Å²) in [6.07, 6.45) is 0. The molecule has 0 aliphatic carbocycles. The number of nitrogen functional groups attached to an aromatic ring is 1. The topological polar surface area (TPSA) is 94.2 Å². The zero-order valence-electron chi connectivity index (χ0n) is 11.2. The summed E-state index contributed by atoms with van der Waals surface area (Å²) in [7, 11) is 0. The van der Waals surface area contributed by atoms with Crippen LogP contribution in [0.4, 0.5) is 10.2 Å². The quantitative estimate of drug-likeness (QED) is 0.749. The molecule has 6 nitrogen and oxygen atoms in total. The Morgan fingerprint density at radius 1 is 1.18 bits per heavy atom. The van der Waals surface area contributed by atoms with Crippen molar-refractivity contribution in [2.45, 2.75) is 6.92 Å². The van der Waals surface area contributed by atoms with Crippen molar-refractivity contribution in [3.8, 4) is 5.69 Å². The zero-order chi connectivity index (χ0) is 16.2. The summed E-state index contributed by atoms with van der Waals surface area (Å²) >= 11 is 3.05. The number of anilines is 1. The molecule has 8 heteroatoms. The number of carbonyl (C=O) groups is 2. The molecule has 0 spiro atoms. The molecule has 3 N–H and O–H groups in total. The minimum Gasteiger partial charge on any atom is -0.384 e. The van der Waals surface area contributed by atoms with Crippen molar-refractivity contribution >= 4 is 33.6 Å². The van der Waals surface area contributed by atoms with E-state index in [-0.39, 0.29) is 27.1 Å². The van der Waals surface area contributed by atoms with E-state index in [2.05, 4.69) is 21.2 Å². The molecule has 1 aromatic carbocycles. The highest BCUT2D eigenvalue weighted by Gasteiger charge is 2.32. The smallest absolute Gasteiger partial charge is 0.262 e. The number of hydrogen-bond donors (Lipinski definition) is 2. The molecule has 0 unspecified atom stereocenters. The molecule has 1 aliphatic rings. The summed E-state index contributed by atoms with van der Waals surface area (Å²) in [5.74, 6) is -2.13. The Morgan fingerprint density at radius 3 is 2.55 bits per heavy atom. The fourth-order valence-corrected chi connectivity index (χ4v) is 2.86. The van der Waals surface area contributed by atoms with E-state index < -0.39 is 23.2 Å². The molecule has 0 radical (unpaired) electrons. The number of pyridine rings is 1. The highest BCUT2D eigenvalue weighted by Crippen LogP contribution is 2.27. The van der Waals surface area contributed by atoms with Gasteiger partial charge in [-0.05, 0) is 40.5 Å². The normalized spacial score (nSPS) is 13.2.